The molecule has 1 saturated heterocycles. The highest BCUT2D eigenvalue weighted by molar-refractivity contribution is 6.00. The molecule has 0 radical (unpaired) electrons. The summed E-state index contributed by atoms with van der Waals surface area (Å²) in [5.74, 6) is -1.78. The molecule has 2 aromatic carbocycles. The molecule has 1 fully saturated rings. The lowest BCUT2D eigenvalue weighted by molar-refractivity contribution is -0.151. The highest BCUT2D eigenvalue weighted by Gasteiger charge is 2.36. The van der Waals surface area contributed by atoms with Crippen LogP contribution in [0.5, 0.6) is 5.75 Å². The first kappa shape index (κ1) is 24.8. The van der Waals surface area contributed by atoms with E-state index < -0.39 is 30.4 Å². The van der Waals surface area contributed by atoms with Gasteiger partial charge >= 0.3 is 11.9 Å². The highest BCUT2D eigenvalue weighted by Crippen LogP contribution is 2.26. The Morgan fingerprint density at radius 1 is 1.06 bits per heavy atom. The third-order valence-corrected chi connectivity index (χ3v) is 5.01. The SMILES string of the molecule is CCOc1ccc(NC(=O)COC(=O)[C@@H]2CC(=O)N(c3ccc(C(=O)OC(C)C)cc3)C2)cc1. The van der Waals surface area contributed by atoms with Crippen molar-refractivity contribution >= 4 is 35.1 Å². The van der Waals surface area contributed by atoms with Crippen LogP contribution in [0.4, 0.5) is 11.4 Å². The Morgan fingerprint density at radius 3 is 2.35 bits per heavy atom. The quantitative estimate of drug-likeness (QED) is 0.563. The van der Waals surface area contributed by atoms with E-state index in [4.69, 9.17) is 14.2 Å². The van der Waals surface area contributed by atoms with Crippen molar-refractivity contribution in [2.75, 3.05) is 30.0 Å². The number of anilines is 2. The van der Waals surface area contributed by atoms with Gasteiger partial charge in [-0.3, -0.25) is 14.4 Å². The number of carbonyl (C=O) groups excluding carboxylic acids is 4. The second kappa shape index (κ2) is 11.3. The molecule has 180 valence electrons. The third kappa shape index (κ3) is 6.57. The largest absolute Gasteiger partial charge is 0.494 e. The fourth-order valence-corrected chi connectivity index (χ4v) is 3.43. The minimum Gasteiger partial charge on any atom is -0.494 e. The molecule has 2 amide bonds. The van der Waals surface area contributed by atoms with Gasteiger partial charge in [0.2, 0.25) is 5.91 Å². The number of nitrogens with one attached hydrogen (secondary N) is 1. The maximum Gasteiger partial charge on any atom is 0.338 e. The second-order valence-electron chi connectivity index (χ2n) is 8.02. The van der Waals surface area contributed by atoms with Crippen LogP contribution in [0.3, 0.4) is 0 Å². The van der Waals surface area contributed by atoms with E-state index in [-0.39, 0.29) is 25.0 Å². The monoisotopic (exact) mass is 468 g/mol. The molecule has 0 saturated carbocycles. The smallest absolute Gasteiger partial charge is 0.338 e. The summed E-state index contributed by atoms with van der Waals surface area (Å²) in [7, 11) is 0. The first-order valence-corrected chi connectivity index (χ1v) is 11.1. The zero-order chi connectivity index (χ0) is 24.7. The van der Waals surface area contributed by atoms with Gasteiger partial charge in [0.25, 0.3) is 5.91 Å². The van der Waals surface area contributed by atoms with Crippen molar-refractivity contribution in [2.24, 2.45) is 5.92 Å². The van der Waals surface area contributed by atoms with Crippen LogP contribution in [0.1, 0.15) is 37.6 Å². The molecule has 0 unspecified atom stereocenters. The molecule has 1 aliphatic heterocycles. The number of hydrogen-bond acceptors (Lipinski definition) is 7. The molecule has 1 aliphatic rings. The summed E-state index contributed by atoms with van der Waals surface area (Å²) in [6.07, 6.45) is -0.252. The molecule has 1 N–H and O–H groups in total. The number of esters is 2. The summed E-state index contributed by atoms with van der Waals surface area (Å²) in [6.45, 7) is 5.62. The van der Waals surface area contributed by atoms with Crippen LogP contribution in [0, 0.1) is 5.92 Å². The Balaban J connectivity index is 1.49. The average Bonchev–Trinajstić information content (AvgIpc) is 3.20. The van der Waals surface area contributed by atoms with E-state index in [0.29, 0.717) is 29.3 Å². The van der Waals surface area contributed by atoms with E-state index in [1.54, 1.807) is 62.4 Å². The Hall–Kier alpha value is -3.88. The number of hydrogen-bond donors (Lipinski definition) is 1. The molecule has 3 rings (SSSR count). The molecule has 9 heteroatoms. The maximum absolute atomic E-state index is 12.4. The summed E-state index contributed by atoms with van der Waals surface area (Å²) in [4.78, 5) is 50.4. The van der Waals surface area contributed by atoms with E-state index in [1.807, 2.05) is 6.92 Å². The predicted molar refractivity (Wildman–Crippen MR) is 125 cm³/mol. The normalized spacial score (nSPS) is 15.2. The van der Waals surface area contributed by atoms with Crippen LogP contribution in [0.15, 0.2) is 48.5 Å². The Kier molecular flexibility index (Phi) is 8.24. The van der Waals surface area contributed by atoms with E-state index >= 15 is 0 Å². The molecule has 1 heterocycles. The van der Waals surface area contributed by atoms with Gasteiger partial charge in [0, 0.05) is 24.3 Å². The van der Waals surface area contributed by atoms with Crippen molar-refractivity contribution in [1.29, 1.82) is 0 Å². The first-order valence-electron chi connectivity index (χ1n) is 11.1. The van der Waals surface area contributed by atoms with Crippen LogP contribution in [0.25, 0.3) is 0 Å². The summed E-state index contributed by atoms with van der Waals surface area (Å²) in [6, 6.07) is 13.2. The van der Waals surface area contributed by atoms with Gasteiger partial charge in [-0.2, -0.15) is 0 Å². The van der Waals surface area contributed by atoms with Crippen LogP contribution in [-0.2, 0) is 23.9 Å². The van der Waals surface area contributed by atoms with Crippen LogP contribution >= 0.6 is 0 Å². The Morgan fingerprint density at radius 2 is 1.74 bits per heavy atom. The van der Waals surface area contributed by atoms with Crippen molar-refractivity contribution in [3.63, 3.8) is 0 Å². The summed E-state index contributed by atoms with van der Waals surface area (Å²) in [5, 5.41) is 2.64. The minimum atomic E-state index is -0.684. The van der Waals surface area contributed by atoms with Gasteiger partial charge in [0.15, 0.2) is 6.61 Å². The van der Waals surface area contributed by atoms with E-state index in [9.17, 15) is 19.2 Å². The third-order valence-electron chi connectivity index (χ3n) is 5.01. The molecule has 0 aromatic heterocycles. The van der Waals surface area contributed by atoms with Crippen molar-refractivity contribution in [3.8, 4) is 5.75 Å². The average molecular weight is 469 g/mol. The molecule has 2 aromatic rings. The number of carbonyl (C=O) groups is 4. The van der Waals surface area contributed by atoms with Gasteiger partial charge in [-0.05, 0) is 69.3 Å². The fraction of sp³-hybridized carbons (Fsp3) is 0.360. The molecular formula is C25H28N2O7. The number of rotatable bonds is 9. The number of ether oxygens (including phenoxy) is 3. The van der Waals surface area contributed by atoms with Crippen LogP contribution < -0.4 is 15.0 Å². The van der Waals surface area contributed by atoms with E-state index in [0.717, 1.165) is 0 Å². The molecule has 9 nitrogen and oxygen atoms in total. The molecule has 34 heavy (non-hydrogen) atoms. The summed E-state index contributed by atoms with van der Waals surface area (Å²) >= 11 is 0. The van der Waals surface area contributed by atoms with Crippen molar-refractivity contribution in [3.05, 3.63) is 54.1 Å². The Bertz CT molecular complexity index is 1030. The maximum atomic E-state index is 12.4. The highest BCUT2D eigenvalue weighted by atomic mass is 16.5. The first-order chi connectivity index (χ1) is 16.3. The van der Waals surface area contributed by atoms with E-state index in [1.165, 1.54) is 4.90 Å². The molecule has 0 bridgehead atoms. The van der Waals surface area contributed by atoms with Gasteiger partial charge in [-0.1, -0.05) is 0 Å². The molecule has 0 spiro atoms. The lowest BCUT2D eigenvalue weighted by Crippen LogP contribution is -2.28. The fourth-order valence-electron chi connectivity index (χ4n) is 3.43. The Labute approximate surface area is 198 Å². The van der Waals surface area contributed by atoms with Gasteiger partial charge in [0.1, 0.15) is 5.75 Å². The van der Waals surface area contributed by atoms with Gasteiger partial charge in [-0.25, -0.2) is 4.79 Å². The van der Waals surface area contributed by atoms with Crippen LogP contribution in [-0.4, -0.2) is 49.6 Å². The van der Waals surface area contributed by atoms with Crippen LogP contribution in [0.2, 0.25) is 0 Å². The van der Waals surface area contributed by atoms with Gasteiger partial charge in [-0.15, -0.1) is 0 Å². The zero-order valence-corrected chi connectivity index (χ0v) is 19.4. The van der Waals surface area contributed by atoms with E-state index in [2.05, 4.69) is 5.32 Å². The lowest BCUT2D eigenvalue weighted by Gasteiger charge is -2.17. The standard InChI is InChI=1S/C25H28N2O7/c1-4-32-21-11-7-19(8-12-21)26-22(28)15-33-24(30)18-13-23(29)27(14-18)20-9-5-17(6-10-20)25(31)34-16(2)3/h5-12,16,18H,4,13-15H2,1-3H3,(H,26,28)/t18-/m1/s1. The van der Waals surface area contributed by atoms with Crippen molar-refractivity contribution < 1.29 is 33.4 Å². The lowest BCUT2D eigenvalue weighted by atomic mass is 10.1. The number of benzene rings is 2. The zero-order valence-electron chi connectivity index (χ0n) is 19.4. The minimum absolute atomic E-state index is 0.0174. The second-order valence-corrected chi connectivity index (χ2v) is 8.02. The molecular weight excluding hydrogens is 440 g/mol. The number of nitrogens with zero attached hydrogens (tertiary/aromatic N) is 1. The summed E-state index contributed by atoms with van der Waals surface area (Å²) < 4.78 is 15.6. The number of amides is 2. The molecule has 0 aliphatic carbocycles. The van der Waals surface area contributed by atoms with Gasteiger partial charge in [0.05, 0.1) is 24.2 Å². The van der Waals surface area contributed by atoms with Gasteiger partial charge < -0.3 is 24.4 Å². The molecule has 1 atom stereocenters. The topological polar surface area (TPSA) is 111 Å². The van der Waals surface area contributed by atoms with Crippen molar-refractivity contribution in [2.45, 2.75) is 33.3 Å². The summed E-state index contributed by atoms with van der Waals surface area (Å²) in [5.41, 5.74) is 1.49. The predicted octanol–water partition coefficient (Wildman–Crippen LogP) is 3.19. The van der Waals surface area contributed by atoms with Crippen molar-refractivity contribution in [1.82, 2.24) is 0 Å².